The molecule has 6 nitrogen and oxygen atoms in total. The lowest BCUT2D eigenvalue weighted by Gasteiger charge is -2.48. The number of benzene rings is 3. The highest BCUT2D eigenvalue weighted by Crippen LogP contribution is 2.52. The summed E-state index contributed by atoms with van der Waals surface area (Å²) in [6.45, 7) is 12.8. The molecular weight excluding hydrogens is 534 g/mol. The summed E-state index contributed by atoms with van der Waals surface area (Å²) in [4.78, 5) is 6.75. The lowest BCUT2D eigenvalue weighted by molar-refractivity contribution is -0.144. The highest BCUT2D eigenvalue weighted by atomic mass is 16.5. The van der Waals surface area contributed by atoms with Gasteiger partial charge in [-0.25, -0.2) is 4.98 Å². The van der Waals surface area contributed by atoms with Gasteiger partial charge in [-0.05, 0) is 75.8 Å². The van der Waals surface area contributed by atoms with Gasteiger partial charge >= 0.3 is 0 Å². The van der Waals surface area contributed by atoms with Crippen molar-refractivity contribution in [3.8, 4) is 11.5 Å². The molecule has 0 saturated carbocycles. The van der Waals surface area contributed by atoms with Gasteiger partial charge in [0.2, 0.25) is 0 Å². The van der Waals surface area contributed by atoms with Crippen molar-refractivity contribution in [3.63, 3.8) is 0 Å². The fourth-order valence-corrected chi connectivity index (χ4v) is 6.64. The molecule has 6 heteroatoms. The summed E-state index contributed by atoms with van der Waals surface area (Å²) in [6.07, 6.45) is 9.19. The lowest BCUT2D eigenvalue weighted by atomic mass is 9.75. The van der Waals surface area contributed by atoms with Gasteiger partial charge in [-0.1, -0.05) is 54.6 Å². The Morgan fingerprint density at radius 3 is 2.58 bits per heavy atom. The summed E-state index contributed by atoms with van der Waals surface area (Å²) in [6, 6.07) is 23.5. The van der Waals surface area contributed by atoms with Crippen molar-refractivity contribution in [1.29, 1.82) is 0 Å². The minimum absolute atomic E-state index is 0.00822. The summed E-state index contributed by atoms with van der Waals surface area (Å²) in [5.74, 6) is 2.15. The van der Waals surface area contributed by atoms with Crippen molar-refractivity contribution in [2.24, 2.45) is 5.92 Å². The van der Waals surface area contributed by atoms with Crippen LogP contribution >= 0.6 is 0 Å². The molecule has 0 N–H and O–H groups in total. The third-order valence-corrected chi connectivity index (χ3v) is 9.13. The van der Waals surface area contributed by atoms with Gasteiger partial charge in [0.1, 0.15) is 23.7 Å². The van der Waals surface area contributed by atoms with Gasteiger partial charge < -0.3 is 18.8 Å². The van der Waals surface area contributed by atoms with Crippen molar-refractivity contribution in [2.45, 2.75) is 91.0 Å². The van der Waals surface area contributed by atoms with Crippen LogP contribution in [-0.4, -0.2) is 32.7 Å². The fraction of sp³-hybridized carbons (Fsp3) is 0.432. The first-order valence-electron chi connectivity index (χ1n) is 15.8. The van der Waals surface area contributed by atoms with E-state index in [4.69, 9.17) is 14.2 Å². The highest BCUT2D eigenvalue weighted by Gasteiger charge is 2.47. The van der Waals surface area contributed by atoms with Gasteiger partial charge in [-0.2, -0.15) is 0 Å². The standard InChI is InChI=1S/C37H45N3O3/c1-27-11-8-9-14-30(27)23-40(19-10-18-39-20-17-38-26-39)24-31-21-35-32(22-34(31)41-25-29-12-6-5-7-13-29)36-33(37(3,4)43-35)16-15-28(2)42-36/h5-9,11-14,17,20-22,26,28,33,36H,10,15-16,18-19,23-25H2,1-4H3/t28-,33-,36+/m0/s1. The summed E-state index contributed by atoms with van der Waals surface area (Å²) in [7, 11) is 0. The number of nitrogens with zero attached hydrogens (tertiary/aromatic N) is 3. The number of aryl methyl sites for hydroxylation is 2. The minimum Gasteiger partial charge on any atom is -0.489 e. The van der Waals surface area contributed by atoms with E-state index in [2.05, 4.69) is 103 Å². The molecule has 3 aromatic carbocycles. The first-order chi connectivity index (χ1) is 20.9. The van der Waals surface area contributed by atoms with E-state index < -0.39 is 0 Å². The Hall–Kier alpha value is -3.61. The molecule has 0 bridgehead atoms. The molecule has 0 amide bonds. The van der Waals surface area contributed by atoms with Crippen LogP contribution in [0.25, 0.3) is 0 Å². The zero-order valence-electron chi connectivity index (χ0n) is 26.0. The van der Waals surface area contributed by atoms with Crippen LogP contribution in [0.5, 0.6) is 11.5 Å². The first kappa shape index (κ1) is 29.5. The number of fused-ring (bicyclic) bond motifs is 3. The molecule has 0 spiro atoms. The molecule has 2 aliphatic rings. The average molecular weight is 580 g/mol. The van der Waals surface area contributed by atoms with E-state index in [0.29, 0.717) is 12.5 Å². The Kier molecular flexibility index (Phi) is 8.87. The highest BCUT2D eigenvalue weighted by molar-refractivity contribution is 5.50. The maximum atomic E-state index is 6.77. The Bertz CT molecular complexity index is 1480. The lowest BCUT2D eigenvalue weighted by Crippen LogP contribution is -2.48. The molecule has 0 unspecified atom stereocenters. The molecule has 1 saturated heterocycles. The predicted octanol–water partition coefficient (Wildman–Crippen LogP) is 7.89. The molecule has 4 aromatic rings. The predicted molar refractivity (Wildman–Crippen MR) is 170 cm³/mol. The van der Waals surface area contributed by atoms with E-state index in [0.717, 1.165) is 73.6 Å². The summed E-state index contributed by atoms with van der Waals surface area (Å²) in [5, 5.41) is 0. The average Bonchev–Trinajstić information content (AvgIpc) is 3.51. The quantitative estimate of drug-likeness (QED) is 0.181. The largest absolute Gasteiger partial charge is 0.489 e. The fourth-order valence-electron chi connectivity index (χ4n) is 6.64. The van der Waals surface area contributed by atoms with Crippen LogP contribution in [0.3, 0.4) is 0 Å². The van der Waals surface area contributed by atoms with Crippen molar-refractivity contribution < 1.29 is 14.2 Å². The summed E-state index contributed by atoms with van der Waals surface area (Å²) >= 11 is 0. The maximum Gasteiger partial charge on any atom is 0.126 e. The SMILES string of the molecule is Cc1ccccc1CN(CCCn1ccnc1)Cc1cc2c(cc1OCc1ccccc1)[C@H]1O[C@@H](C)CC[C@@H]1C(C)(C)O2. The molecule has 1 aromatic heterocycles. The van der Waals surface area contributed by atoms with Crippen molar-refractivity contribution >= 4 is 0 Å². The second kappa shape index (κ2) is 12.9. The van der Waals surface area contributed by atoms with Crippen LogP contribution in [0.1, 0.15) is 74.0 Å². The van der Waals surface area contributed by atoms with Gasteiger partial charge in [-0.15, -0.1) is 0 Å². The van der Waals surface area contributed by atoms with Gasteiger partial charge in [0, 0.05) is 55.6 Å². The molecule has 0 aliphatic carbocycles. The number of rotatable bonds is 11. The monoisotopic (exact) mass is 579 g/mol. The molecule has 2 aliphatic heterocycles. The van der Waals surface area contributed by atoms with Crippen LogP contribution in [-0.2, 0) is 31.0 Å². The second-order valence-corrected chi connectivity index (χ2v) is 12.8. The summed E-state index contributed by atoms with van der Waals surface area (Å²) < 4.78 is 22.2. The number of ether oxygens (including phenoxy) is 3. The normalized spacial score (nSPS) is 20.7. The van der Waals surface area contributed by atoms with Gasteiger partial charge in [-0.3, -0.25) is 4.90 Å². The van der Waals surface area contributed by atoms with Gasteiger partial charge in [0.05, 0.1) is 18.5 Å². The van der Waals surface area contributed by atoms with E-state index in [9.17, 15) is 0 Å². The molecule has 6 rings (SSSR count). The molecule has 226 valence electrons. The van der Waals surface area contributed by atoms with Crippen molar-refractivity contribution in [1.82, 2.24) is 14.5 Å². The van der Waals surface area contributed by atoms with Crippen LogP contribution in [0.4, 0.5) is 0 Å². The van der Waals surface area contributed by atoms with E-state index in [1.54, 1.807) is 0 Å². The molecule has 0 radical (unpaired) electrons. The van der Waals surface area contributed by atoms with E-state index in [1.165, 1.54) is 11.1 Å². The van der Waals surface area contributed by atoms with Crippen molar-refractivity contribution in [2.75, 3.05) is 6.54 Å². The number of imidazole rings is 1. The zero-order valence-corrected chi connectivity index (χ0v) is 26.0. The molecule has 1 fully saturated rings. The molecular formula is C37H45N3O3. The smallest absolute Gasteiger partial charge is 0.126 e. The number of hydrogen-bond donors (Lipinski definition) is 0. The minimum atomic E-state index is -0.298. The third-order valence-electron chi connectivity index (χ3n) is 9.13. The Balaban J connectivity index is 1.33. The zero-order chi connectivity index (χ0) is 29.8. The molecule has 3 heterocycles. The van der Waals surface area contributed by atoms with Crippen LogP contribution in [0.2, 0.25) is 0 Å². The Morgan fingerprint density at radius 2 is 1.79 bits per heavy atom. The number of hydrogen-bond acceptors (Lipinski definition) is 5. The maximum absolute atomic E-state index is 6.77. The van der Waals surface area contributed by atoms with E-state index in [-0.39, 0.29) is 17.8 Å². The Morgan fingerprint density at radius 1 is 1.00 bits per heavy atom. The third kappa shape index (κ3) is 6.97. The summed E-state index contributed by atoms with van der Waals surface area (Å²) in [5.41, 5.74) is 5.78. The topological polar surface area (TPSA) is 48.8 Å². The van der Waals surface area contributed by atoms with E-state index in [1.807, 2.05) is 24.8 Å². The second-order valence-electron chi connectivity index (χ2n) is 12.8. The van der Waals surface area contributed by atoms with Crippen LogP contribution in [0, 0.1) is 12.8 Å². The molecule has 43 heavy (non-hydrogen) atoms. The van der Waals surface area contributed by atoms with Gasteiger partial charge in [0.25, 0.3) is 0 Å². The molecule has 3 atom stereocenters. The van der Waals surface area contributed by atoms with Crippen LogP contribution < -0.4 is 9.47 Å². The van der Waals surface area contributed by atoms with Crippen LogP contribution in [0.15, 0.2) is 85.5 Å². The van der Waals surface area contributed by atoms with Gasteiger partial charge in [0.15, 0.2) is 0 Å². The van der Waals surface area contributed by atoms with E-state index >= 15 is 0 Å². The first-order valence-corrected chi connectivity index (χ1v) is 15.8. The number of aromatic nitrogens is 2. The van der Waals surface area contributed by atoms with Crippen molar-refractivity contribution in [3.05, 3.63) is 113 Å². The Labute approximate surface area is 256 Å².